The summed E-state index contributed by atoms with van der Waals surface area (Å²) in [5.41, 5.74) is 0.610. The van der Waals surface area contributed by atoms with E-state index in [1.54, 1.807) is 18.3 Å². The number of rotatable bonds is 2. The minimum Gasteiger partial charge on any atom is -0.348 e. The van der Waals surface area contributed by atoms with Crippen LogP contribution >= 0.6 is 11.3 Å². The summed E-state index contributed by atoms with van der Waals surface area (Å²) in [5.74, 6) is 0.0623. The van der Waals surface area contributed by atoms with Gasteiger partial charge >= 0.3 is 0 Å². The highest BCUT2D eigenvalue weighted by Gasteiger charge is 2.14. The number of hydrogen-bond donors (Lipinski definition) is 0. The standard InChI is InChI=1S/C11H16N2OS/c1-9(14)10-8-15-11(12-10)13-6-4-2-3-5-7-13/h8H,2-7H2,1H3. The van der Waals surface area contributed by atoms with E-state index >= 15 is 0 Å². The lowest BCUT2D eigenvalue weighted by Gasteiger charge is -2.18. The highest BCUT2D eigenvalue weighted by atomic mass is 32.1. The lowest BCUT2D eigenvalue weighted by Crippen LogP contribution is -2.23. The topological polar surface area (TPSA) is 33.2 Å². The number of thiazole rings is 1. The van der Waals surface area contributed by atoms with E-state index in [-0.39, 0.29) is 5.78 Å². The highest BCUT2D eigenvalue weighted by molar-refractivity contribution is 7.13. The van der Waals surface area contributed by atoms with Crippen molar-refractivity contribution in [2.45, 2.75) is 32.6 Å². The third-order valence-corrected chi connectivity index (χ3v) is 3.63. The molecule has 2 rings (SSSR count). The predicted octanol–water partition coefficient (Wildman–Crippen LogP) is 2.73. The van der Waals surface area contributed by atoms with Gasteiger partial charge in [-0.3, -0.25) is 4.79 Å². The second-order valence-corrected chi connectivity index (χ2v) is 4.81. The molecule has 0 N–H and O–H groups in total. The number of hydrogen-bond acceptors (Lipinski definition) is 4. The molecule has 3 nitrogen and oxygen atoms in total. The van der Waals surface area contributed by atoms with Crippen LogP contribution in [0, 0.1) is 0 Å². The first-order chi connectivity index (χ1) is 7.27. The molecule has 1 aromatic rings. The van der Waals surface area contributed by atoms with Crippen LogP contribution < -0.4 is 4.90 Å². The van der Waals surface area contributed by atoms with Gasteiger partial charge in [-0.15, -0.1) is 11.3 Å². The second-order valence-electron chi connectivity index (χ2n) is 3.97. The molecule has 0 bridgehead atoms. The van der Waals surface area contributed by atoms with Gasteiger partial charge in [-0.2, -0.15) is 0 Å². The Labute approximate surface area is 94.1 Å². The van der Waals surface area contributed by atoms with E-state index in [9.17, 15) is 4.79 Å². The van der Waals surface area contributed by atoms with Gasteiger partial charge in [-0.25, -0.2) is 4.98 Å². The summed E-state index contributed by atoms with van der Waals surface area (Å²) in [7, 11) is 0. The van der Waals surface area contributed by atoms with Crippen LogP contribution in [0.2, 0.25) is 0 Å². The maximum atomic E-state index is 11.1. The van der Waals surface area contributed by atoms with Gasteiger partial charge in [-0.1, -0.05) is 12.8 Å². The lowest BCUT2D eigenvalue weighted by atomic mass is 10.2. The predicted molar refractivity (Wildman–Crippen MR) is 62.8 cm³/mol. The molecule has 4 heteroatoms. The Kier molecular flexibility index (Phi) is 3.36. The van der Waals surface area contributed by atoms with Gasteiger partial charge in [0.15, 0.2) is 10.9 Å². The van der Waals surface area contributed by atoms with E-state index in [0.717, 1.165) is 18.2 Å². The summed E-state index contributed by atoms with van der Waals surface area (Å²) in [4.78, 5) is 17.8. The maximum absolute atomic E-state index is 11.1. The second kappa shape index (κ2) is 4.75. The Morgan fingerprint density at radius 1 is 1.33 bits per heavy atom. The molecule has 1 aliphatic rings. The average Bonchev–Trinajstić information content (AvgIpc) is 2.55. The molecule has 0 radical (unpaired) electrons. The molecule has 2 heterocycles. The molecule has 0 spiro atoms. The van der Waals surface area contributed by atoms with Crippen molar-refractivity contribution >= 4 is 22.3 Å². The zero-order chi connectivity index (χ0) is 10.7. The Balaban J connectivity index is 2.10. The fourth-order valence-corrected chi connectivity index (χ4v) is 2.75. The molecule has 0 saturated carbocycles. The molecule has 1 aliphatic heterocycles. The molecule has 1 saturated heterocycles. The van der Waals surface area contributed by atoms with E-state index in [0.29, 0.717) is 5.69 Å². The summed E-state index contributed by atoms with van der Waals surface area (Å²) in [6.07, 6.45) is 5.13. The van der Waals surface area contributed by atoms with Crippen LogP contribution in [0.25, 0.3) is 0 Å². The summed E-state index contributed by atoms with van der Waals surface area (Å²) in [5, 5.41) is 2.88. The Hall–Kier alpha value is -0.900. The van der Waals surface area contributed by atoms with E-state index < -0.39 is 0 Å². The third kappa shape index (κ3) is 2.56. The Morgan fingerprint density at radius 3 is 2.53 bits per heavy atom. The summed E-state index contributed by atoms with van der Waals surface area (Å²) >= 11 is 1.59. The zero-order valence-electron chi connectivity index (χ0n) is 9.03. The number of aromatic nitrogens is 1. The quantitative estimate of drug-likeness (QED) is 0.724. The van der Waals surface area contributed by atoms with Crippen molar-refractivity contribution in [1.29, 1.82) is 0 Å². The number of ketones is 1. The van der Waals surface area contributed by atoms with E-state index in [1.807, 2.05) is 5.38 Å². The fraction of sp³-hybridized carbons (Fsp3) is 0.636. The molecule has 1 aromatic heterocycles. The molecule has 0 amide bonds. The van der Waals surface area contributed by atoms with Crippen molar-refractivity contribution in [3.05, 3.63) is 11.1 Å². The van der Waals surface area contributed by atoms with Crippen LogP contribution in [0.5, 0.6) is 0 Å². The summed E-state index contributed by atoms with van der Waals surface area (Å²) in [6, 6.07) is 0. The SMILES string of the molecule is CC(=O)c1csc(N2CCCCCC2)n1. The molecule has 0 aromatic carbocycles. The lowest BCUT2D eigenvalue weighted by molar-refractivity contribution is 0.101. The fourth-order valence-electron chi connectivity index (χ4n) is 1.83. The van der Waals surface area contributed by atoms with Crippen molar-refractivity contribution in [2.75, 3.05) is 18.0 Å². The van der Waals surface area contributed by atoms with Crippen molar-refractivity contribution in [3.8, 4) is 0 Å². The van der Waals surface area contributed by atoms with Gasteiger partial charge in [0.2, 0.25) is 0 Å². The van der Waals surface area contributed by atoms with Gasteiger partial charge in [0, 0.05) is 25.4 Å². The largest absolute Gasteiger partial charge is 0.348 e. The summed E-state index contributed by atoms with van der Waals surface area (Å²) in [6.45, 7) is 3.75. The zero-order valence-corrected chi connectivity index (χ0v) is 9.85. The first-order valence-corrected chi connectivity index (χ1v) is 6.37. The molecule has 0 unspecified atom stereocenters. The van der Waals surface area contributed by atoms with E-state index in [2.05, 4.69) is 9.88 Å². The normalized spacial score (nSPS) is 17.5. The molecule has 15 heavy (non-hydrogen) atoms. The Morgan fingerprint density at radius 2 is 2.00 bits per heavy atom. The van der Waals surface area contributed by atoms with Crippen LogP contribution in [0.15, 0.2) is 5.38 Å². The van der Waals surface area contributed by atoms with E-state index in [1.165, 1.54) is 25.7 Å². The van der Waals surface area contributed by atoms with Gasteiger partial charge < -0.3 is 4.90 Å². The molecule has 0 atom stereocenters. The van der Waals surface area contributed by atoms with Crippen LogP contribution in [0.1, 0.15) is 43.1 Å². The van der Waals surface area contributed by atoms with Gasteiger partial charge in [0.1, 0.15) is 5.69 Å². The number of carbonyl (C=O) groups is 1. The number of carbonyl (C=O) groups excluding carboxylic acids is 1. The van der Waals surface area contributed by atoms with Crippen LogP contribution in [-0.4, -0.2) is 23.9 Å². The highest BCUT2D eigenvalue weighted by Crippen LogP contribution is 2.23. The third-order valence-electron chi connectivity index (χ3n) is 2.73. The molecular weight excluding hydrogens is 208 g/mol. The van der Waals surface area contributed by atoms with Crippen molar-refractivity contribution in [2.24, 2.45) is 0 Å². The number of Topliss-reactive ketones (excluding diaryl/α,β-unsaturated/α-hetero) is 1. The first kappa shape index (κ1) is 10.6. The minimum atomic E-state index is 0.0623. The maximum Gasteiger partial charge on any atom is 0.185 e. The molecular formula is C11H16N2OS. The Bertz CT molecular complexity index is 340. The summed E-state index contributed by atoms with van der Waals surface area (Å²) < 4.78 is 0. The van der Waals surface area contributed by atoms with Gasteiger partial charge in [0.05, 0.1) is 0 Å². The average molecular weight is 224 g/mol. The van der Waals surface area contributed by atoms with Gasteiger partial charge in [0.25, 0.3) is 0 Å². The first-order valence-electron chi connectivity index (χ1n) is 5.49. The van der Waals surface area contributed by atoms with Crippen LogP contribution in [0.4, 0.5) is 5.13 Å². The monoisotopic (exact) mass is 224 g/mol. The van der Waals surface area contributed by atoms with Crippen LogP contribution in [0.3, 0.4) is 0 Å². The van der Waals surface area contributed by atoms with Crippen molar-refractivity contribution < 1.29 is 4.79 Å². The number of nitrogens with zero attached hydrogens (tertiary/aromatic N) is 2. The molecule has 0 aliphatic carbocycles. The minimum absolute atomic E-state index is 0.0623. The number of anilines is 1. The molecule has 82 valence electrons. The smallest absolute Gasteiger partial charge is 0.185 e. The van der Waals surface area contributed by atoms with E-state index in [4.69, 9.17) is 0 Å². The molecule has 1 fully saturated rings. The van der Waals surface area contributed by atoms with Crippen LogP contribution in [-0.2, 0) is 0 Å². The van der Waals surface area contributed by atoms with Crippen molar-refractivity contribution in [1.82, 2.24) is 4.98 Å². The van der Waals surface area contributed by atoms with Gasteiger partial charge in [-0.05, 0) is 12.8 Å². The van der Waals surface area contributed by atoms with Crippen molar-refractivity contribution in [3.63, 3.8) is 0 Å².